The summed E-state index contributed by atoms with van der Waals surface area (Å²) >= 11 is 0. The molecule has 0 aliphatic heterocycles. The smallest absolute Gasteiger partial charge is 0.276 e. The van der Waals surface area contributed by atoms with E-state index in [1.807, 2.05) is 19.1 Å². The molecule has 0 atom stereocenters. The molecule has 4 N–H and O–H groups in total. The lowest BCUT2D eigenvalue weighted by Crippen LogP contribution is -2.17. The molecular weight excluding hydrogens is 258 g/mol. The lowest BCUT2D eigenvalue weighted by Gasteiger charge is -2.10. The van der Waals surface area contributed by atoms with Crippen LogP contribution >= 0.6 is 0 Å². The molecule has 2 aromatic rings. The largest absolute Gasteiger partial charge is 0.495 e. The number of nitrogens with zero attached hydrogens (tertiary/aromatic N) is 2. The molecular formula is C13H15N5O2. The van der Waals surface area contributed by atoms with E-state index in [-0.39, 0.29) is 5.69 Å². The van der Waals surface area contributed by atoms with E-state index in [2.05, 4.69) is 20.7 Å². The minimum Gasteiger partial charge on any atom is -0.495 e. The van der Waals surface area contributed by atoms with Gasteiger partial charge in [-0.1, -0.05) is 6.07 Å². The van der Waals surface area contributed by atoms with E-state index >= 15 is 0 Å². The number of ether oxygens (including phenoxy) is 1. The highest BCUT2D eigenvalue weighted by molar-refractivity contribution is 6.03. The van der Waals surface area contributed by atoms with Crippen molar-refractivity contribution in [3.8, 4) is 5.75 Å². The Bertz CT molecular complexity index is 630. The first-order valence-corrected chi connectivity index (χ1v) is 5.88. The molecule has 0 bridgehead atoms. The first-order chi connectivity index (χ1) is 9.63. The Hall–Kier alpha value is -2.67. The summed E-state index contributed by atoms with van der Waals surface area (Å²) in [6, 6.07) is 5.50. The van der Waals surface area contributed by atoms with Crippen LogP contribution in [0.15, 0.2) is 30.6 Å². The van der Waals surface area contributed by atoms with E-state index in [4.69, 9.17) is 10.6 Å². The number of nitrogen functional groups attached to an aromatic ring is 1. The van der Waals surface area contributed by atoms with E-state index < -0.39 is 5.91 Å². The summed E-state index contributed by atoms with van der Waals surface area (Å²) in [6.07, 6.45) is 2.78. The number of hydrazine groups is 1. The standard InChI is InChI=1S/C13H15N5O2/c1-8-3-4-11(20-2)9(5-8)17-13(19)10-6-15-7-12(16-10)18-14/h3-7H,14H2,1-2H3,(H,16,18)(H,17,19). The van der Waals surface area contributed by atoms with Crippen LogP contribution in [0.25, 0.3) is 0 Å². The van der Waals surface area contributed by atoms with Gasteiger partial charge in [0.1, 0.15) is 11.4 Å². The van der Waals surface area contributed by atoms with Gasteiger partial charge < -0.3 is 15.5 Å². The molecule has 1 aromatic heterocycles. The van der Waals surface area contributed by atoms with Gasteiger partial charge in [0, 0.05) is 0 Å². The Balaban J connectivity index is 2.25. The third-order valence-electron chi connectivity index (χ3n) is 2.62. The third-order valence-corrected chi connectivity index (χ3v) is 2.62. The van der Waals surface area contributed by atoms with Crippen molar-refractivity contribution in [3.63, 3.8) is 0 Å². The van der Waals surface area contributed by atoms with Crippen LogP contribution in [-0.4, -0.2) is 23.0 Å². The molecule has 2 rings (SSSR count). The van der Waals surface area contributed by atoms with Crippen LogP contribution in [0.3, 0.4) is 0 Å². The average Bonchev–Trinajstić information content (AvgIpc) is 2.47. The van der Waals surface area contributed by atoms with Crippen molar-refractivity contribution in [2.75, 3.05) is 17.9 Å². The number of carbonyl (C=O) groups excluding carboxylic acids is 1. The van der Waals surface area contributed by atoms with Crippen molar-refractivity contribution < 1.29 is 9.53 Å². The second kappa shape index (κ2) is 5.98. The van der Waals surface area contributed by atoms with Crippen molar-refractivity contribution in [2.24, 2.45) is 5.84 Å². The van der Waals surface area contributed by atoms with Crippen LogP contribution in [0, 0.1) is 6.92 Å². The van der Waals surface area contributed by atoms with Gasteiger partial charge in [-0.15, -0.1) is 0 Å². The second-order valence-electron chi connectivity index (χ2n) is 4.09. The SMILES string of the molecule is COc1ccc(C)cc1NC(=O)c1cncc(NN)n1. The Kier molecular flexibility index (Phi) is 4.11. The first kappa shape index (κ1) is 13.8. The fourth-order valence-electron chi connectivity index (χ4n) is 1.65. The van der Waals surface area contributed by atoms with E-state index in [0.29, 0.717) is 17.3 Å². The van der Waals surface area contributed by atoms with Crippen LogP contribution in [-0.2, 0) is 0 Å². The van der Waals surface area contributed by atoms with Crippen LogP contribution in [0.5, 0.6) is 5.75 Å². The predicted octanol–water partition coefficient (Wildman–Crippen LogP) is 1.33. The van der Waals surface area contributed by atoms with E-state index in [9.17, 15) is 4.79 Å². The normalized spacial score (nSPS) is 9.95. The van der Waals surface area contributed by atoms with Crippen LogP contribution < -0.4 is 21.3 Å². The summed E-state index contributed by atoms with van der Waals surface area (Å²) < 4.78 is 5.20. The average molecular weight is 273 g/mol. The first-order valence-electron chi connectivity index (χ1n) is 5.88. The molecule has 0 fully saturated rings. The number of hydrogen-bond acceptors (Lipinski definition) is 6. The zero-order valence-electron chi connectivity index (χ0n) is 11.2. The van der Waals surface area contributed by atoms with Crippen LogP contribution in [0.4, 0.5) is 11.5 Å². The number of aromatic nitrogens is 2. The summed E-state index contributed by atoms with van der Waals surface area (Å²) in [5.41, 5.74) is 4.07. The summed E-state index contributed by atoms with van der Waals surface area (Å²) in [5.74, 6) is 5.73. The summed E-state index contributed by atoms with van der Waals surface area (Å²) in [7, 11) is 1.54. The zero-order valence-corrected chi connectivity index (χ0v) is 11.2. The second-order valence-corrected chi connectivity index (χ2v) is 4.09. The number of carbonyl (C=O) groups is 1. The van der Waals surface area contributed by atoms with Crippen LogP contribution in [0.1, 0.15) is 16.1 Å². The molecule has 0 spiro atoms. The molecule has 0 saturated carbocycles. The Labute approximate surface area is 116 Å². The maximum absolute atomic E-state index is 12.1. The maximum Gasteiger partial charge on any atom is 0.276 e. The zero-order chi connectivity index (χ0) is 14.5. The molecule has 1 aromatic carbocycles. The predicted molar refractivity (Wildman–Crippen MR) is 75.5 cm³/mol. The maximum atomic E-state index is 12.1. The monoisotopic (exact) mass is 273 g/mol. The number of benzene rings is 1. The van der Waals surface area contributed by atoms with Gasteiger partial charge in [-0.3, -0.25) is 9.78 Å². The van der Waals surface area contributed by atoms with Gasteiger partial charge in [-0.05, 0) is 24.6 Å². The highest BCUT2D eigenvalue weighted by atomic mass is 16.5. The van der Waals surface area contributed by atoms with Crippen molar-refractivity contribution >= 4 is 17.4 Å². The number of amides is 1. The van der Waals surface area contributed by atoms with E-state index in [1.165, 1.54) is 12.4 Å². The number of nitrogens with two attached hydrogens (primary N) is 1. The number of nitrogens with one attached hydrogen (secondary N) is 2. The number of aryl methyl sites for hydroxylation is 1. The summed E-state index contributed by atoms with van der Waals surface area (Å²) in [5, 5.41) is 2.73. The number of anilines is 2. The molecule has 0 saturated heterocycles. The lowest BCUT2D eigenvalue weighted by atomic mass is 10.2. The fourth-order valence-corrected chi connectivity index (χ4v) is 1.65. The Morgan fingerprint density at radius 3 is 2.85 bits per heavy atom. The van der Waals surface area contributed by atoms with Gasteiger partial charge in [-0.25, -0.2) is 10.8 Å². The molecule has 0 radical (unpaired) electrons. The quantitative estimate of drug-likeness (QED) is 0.573. The topological polar surface area (TPSA) is 102 Å². The summed E-state index contributed by atoms with van der Waals surface area (Å²) in [4.78, 5) is 20.0. The molecule has 20 heavy (non-hydrogen) atoms. The minimum atomic E-state index is -0.390. The molecule has 0 aliphatic carbocycles. The van der Waals surface area contributed by atoms with E-state index in [0.717, 1.165) is 5.56 Å². The Morgan fingerprint density at radius 1 is 1.35 bits per heavy atom. The highest BCUT2D eigenvalue weighted by Crippen LogP contribution is 2.25. The van der Waals surface area contributed by atoms with Gasteiger partial charge in [-0.2, -0.15) is 0 Å². The van der Waals surface area contributed by atoms with Gasteiger partial charge in [0.25, 0.3) is 5.91 Å². The lowest BCUT2D eigenvalue weighted by molar-refractivity contribution is 0.102. The van der Waals surface area contributed by atoms with Crippen molar-refractivity contribution in [3.05, 3.63) is 41.9 Å². The molecule has 7 heteroatoms. The molecule has 1 heterocycles. The molecule has 0 unspecified atom stereocenters. The van der Waals surface area contributed by atoms with Crippen molar-refractivity contribution in [2.45, 2.75) is 6.92 Å². The number of methoxy groups -OCH3 is 1. The fraction of sp³-hybridized carbons (Fsp3) is 0.154. The molecule has 7 nitrogen and oxygen atoms in total. The third kappa shape index (κ3) is 3.01. The van der Waals surface area contributed by atoms with Crippen LogP contribution in [0.2, 0.25) is 0 Å². The summed E-state index contributed by atoms with van der Waals surface area (Å²) in [6.45, 7) is 1.92. The highest BCUT2D eigenvalue weighted by Gasteiger charge is 2.12. The van der Waals surface area contributed by atoms with Gasteiger partial charge in [0.15, 0.2) is 5.82 Å². The van der Waals surface area contributed by atoms with E-state index in [1.54, 1.807) is 13.2 Å². The number of rotatable bonds is 4. The van der Waals surface area contributed by atoms with Gasteiger partial charge >= 0.3 is 0 Å². The molecule has 0 aliphatic rings. The molecule has 1 amide bonds. The molecule has 104 valence electrons. The van der Waals surface area contributed by atoms with Crippen molar-refractivity contribution in [1.29, 1.82) is 0 Å². The minimum absolute atomic E-state index is 0.156. The number of hydrogen-bond donors (Lipinski definition) is 3. The van der Waals surface area contributed by atoms with Crippen molar-refractivity contribution in [1.82, 2.24) is 9.97 Å². The van der Waals surface area contributed by atoms with Gasteiger partial charge in [0.2, 0.25) is 0 Å². The van der Waals surface area contributed by atoms with Gasteiger partial charge in [0.05, 0.1) is 25.2 Å². The Morgan fingerprint density at radius 2 is 2.15 bits per heavy atom.